The first-order valence-electron chi connectivity index (χ1n) is 15.3. The zero-order valence-electron chi connectivity index (χ0n) is 25.6. The SMILES string of the molecule is CC(C)c1cc(C[S]2=[Hf]=[S](Cc3cc(C(C)C)cc(C(C)C)c3O)[C@H]3CCCCCC[C@@H]32)c(O)c(C(C)C)c1. The molecule has 0 aromatic heterocycles. The molecule has 216 valence electrons. The van der Waals surface area contributed by atoms with Gasteiger partial charge in [-0.15, -0.1) is 0 Å². The van der Waals surface area contributed by atoms with Crippen molar-refractivity contribution < 1.29 is 29.1 Å². The van der Waals surface area contributed by atoms with Crippen LogP contribution in [0, 0.1) is 0 Å². The van der Waals surface area contributed by atoms with E-state index >= 15 is 0 Å². The first-order chi connectivity index (χ1) is 18.5. The second-order valence-electron chi connectivity index (χ2n) is 13.2. The van der Waals surface area contributed by atoms with Gasteiger partial charge in [-0.05, 0) is 0 Å². The van der Waals surface area contributed by atoms with Gasteiger partial charge in [-0.3, -0.25) is 0 Å². The molecule has 39 heavy (non-hydrogen) atoms. The first-order valence-corrected chi connectivity index (χ1v) is 27.1. The van der Waals surface area contributed by atoms with Crippen LogP contribution in [0.15, 0.2) is 24.3 Å². The third-order valence-corrected chi connectivity index (χ3v) is 38.0. The summed E-state index contributed by atoms with van der Waals surface area (Å²) in [4.78, 5) is 0. The summed E-state index contributed by atoms with van der Waals surface area (Å²) in [5.41, 5.74) is 7.51. The fourth-order valence-corrected chi connectivity index (χ4v) is 45.3. The van der Waals surface area contributed by atoms with Gasteiger partial charge in [0.15, 0.2) is 0 Å². The number of hydrogen-bond acceptors (Lipinski definition) is 2. The van der Waals surface area contributed by atoms with Crippen LogP contribution in [0.1, 0.15) is 151 Å². The molecule has 0 saturated heterocycles. The van der Waals surface area contributed by atoms with Crippen LogP contribution in [0.5, 0.6) is 11.5 Å². The zero-order chi connectivity index (χ0) is 28.4. The number of phenols is 2. The summed E-state index contributed by atoms with van der Waals surface area (Å²) in [5, 5.41) is 24.5. The van der Waals surface area contributed by atoms with Crippen molar-refractivity contribution in [3.8, 4) is 11.5 Å². The van der Waals surface area contributed by atoms with Crippen molar-refractivity contribution in [2.24, 2.45) is 0 Å². The van der Waals surface area contributed by atoms with Crippen molar-refractivity contribution in [3.63, 3.8) is 0 Å². The average Bonchev–Trinajstić information content (AvgIpc) is 3.14. The Morgan fingerprint density at radius 2 is 1.00 bits per heavy atom. The number of hydrogen-bond donors (Lipinski definition) is 2. The minimum atomic E-state index is -0.995. The van der Waals surface area contributed by atoms with Crippen molar-refractivity contribution >= 4 is 14.4 Å². The van der Waals surface area contributed by atoms with Crippen molar-refractivity contribution in [1.82, 2.24) is 0 Å². The Labute approximate surface area is 250 Å². The molecule has 2 unspecified atom stereocenters. The van der Waals surface area contributed by atoms with Crippen molar-refractivity contribution in [3.05, 3.63) is 57.6 Å². The van der Waals surface area contributed by atoms with Crippen LogP contribution in [-0.2, 0) is 30.4 Å². The van der Waals surface area contributed by atoms with Crippen LogP contribution in [0.2, 0.25) is 0 Å². The molecule has 2 aliphatic rings. The zero-order valence-corrected chi connectivity index (χ0v) is 30.9. The molecule has 1 fully saturated rings. The molecule has 0 radical (unpaired) electrons. The molecule has 2 N–H and O–H groups in total. The molecule has 5 heteroatoms. The van der Waals surface area contributed by atoms with Crippen molar-refractivity contribution in [1.29, 1.82) is 0 Å². The fraction of sp³-hybridized carbons (Fsp3) is 0.647. The predicted octanol–water partition coefficient (Wildman–Crippen LogP) is 10.8. The van der Waals surface area contributed by atoms with Gasteiger partial charge in [-0.1, -0.05) is 0 Å². The van der Waals surface area contributed by atoms with E-state index in [0.29, 0.717) is 49.6 Å². The Morgan fingerprint density at radius 1 is 0.615 bits per heavy atom. The average molecular weight is 735 g/mol. The van der Waals surface area contributed by atoms with Gasteiger partial charge < -0.3 is 0 Å². The quantitative estimate of drug-likeness (QED) is 0.265. The molecule has 1 aliphatic carbocycles. The van der Waals surface area contributed by atoms with E-state index < -0.39 is 18.9 Å². The van der Waals surface area contributed by atoms with Crippen LogP contribution in [0.4, 0.5) is 0 Å². The van der Waals surface area contributed by atoms with Crippen LogP contribution in [0.3, 0.4) is 0 Å². The summed E-state index contributed by atoms with van der Waals surface area (Å²) in [6.07, 6.45) is 8.33. The molecule has 4 rings (SSSR count). The molecular formula is C34H52HfO2S2. The van der Waals surface area contributed by atoms with Crippen molar-refractivity contribution in [2.45, 2.75) is 140 Å². The van der Waals surface area contributed by atoms with E-state index in [0.717, 1.165) is 33.1 Å². The van der Waals surface area contributed by atoms with Crippen LogP contribution in [-0.4, -0.2) is 20.7 Å². The van der Waals surface area contributed by atoms with E-state index in [2.05, 4.69) is 79.7 Å². The normalized spacial score (nSPS) is 23.6. The van der Waals surface area contributed by atoms with E-state index in [1.165, 1.54) is 60.8 Å². The summed E-state index contributed by atoms with van der Waals surface area (Å²) >= 11 is -0.995. The Morgan fingerprint density at radius 3 is 1.33 bits per heavy atom. The number of rotatable bonds is 8. The standard InChI is InChI=1S/C34H52O2S2.Hf/c1-21(2)25-15-27(33(35)29(17-25)23(5)6)19-37-31-13-11-9-10-12-14-32(31)38-20-28-16-26(22(3)4)18-30(24(7)8)34(28)36;/h15-18,21-24,31-32,35-36H,9-14,19-20H2,1-8H3;/t31-,32-;/m0./s1. The number of phenolic OH excluding ortho intramolecular Hbond substituents is 2. The van der Waals surface area contributed by atoms with Crippen LogP contribution in [0.25, 0.3) is 0 Å². The predicted molar refractivity (Wildman–Crippen MR) is 170 cm³/mol. The Hall–Kier alpha value is -0.390. The monoisotopic (exact) mass is 736 g/mol. The van der Waals surface area contributed by atoms with Gasteiger partial charge in [0.1, 0.15) is 0 Å². The molecule has 2 aromatic carbocycles. The molecule has 0 spiro atoms. The summed E-state index contributed by atoms with van der Waals surface area (Å²) < 4.78 is 0. The summed E-state index contributed by atoms with van der Waals surface area (Å²) in [6, 6.07) is 9.22. The third-order valence-electron chi connectivity index (χ3n) is 8.77. The maximum absolute atomic E-state index is 11.4. The third kappa shape index (κ3) is 7.34. The van der Waals surface area contributed by atoms with Crippen molar-refractivity contribution in [2.75, 3.05) is 0 Å². The number of benzene rings is 2. The van der Waals surface area contributed by atoms with Crippen LogP contribution >= 0.6 is 14.4 Å². The molecule has 4 atom stereocenters. The van der Waals surface area contributed by atoms with E-state index in [4.69, 9.17) is 0 Å². The van der Waals surface area contributed by atoms with Gasteiger partial charge in [-0.25, -0.2) is 0 Å². The van der Waals surface area contributed by atoms with Gasteiger partial charge >= 0.3 is 252 Å². The Bertz CT molecular complexity index is 1160. The molecule has 0 bridgehead atoms. The van der Waals surface area contributed by atoms with E-state index in [1.54, 1.807) is 0 Å². The topological polar surface area (TPSA) is 40.5 Å². The molecule has 2 aromatic rings. The first kappa shape index (κ1) is 31.5. The summed E-state index contributed by atoms with van der Waals surface area (Å²) in [7, 11) is 0.919. The van der Waals surface area contributed by atoms with Gasteiger partial charge in [0.2, 0.25) is 0 Å². The van der Waals surface area contributed by atoms with Crippen LogP contribution < -0.4 is 0 Å². The van der Waals surface area contributed by atoms with E-state index in [-0.39, 0.29) is 0 Å². The minimum absolute atomic E-state index is 0.339. The number of aromatic hydroxyl groups is 2. The molecule has 1 heterocycles. The maximum atomic E-state index is 11.4. The summed E-state index contributed by atoms with van der Waals surface area (Å²) in [6.45, 7) is 18.0. The van der Waals surface area contributed by atoms with Gasteiger partial charge in [0.05, 0.1) is 0 Å². The Balaban J connectivity index is 1.79. The van der Waals surface area contributed by atoms with E-state index in [1.807, 2.05) is 0 Å². The molecule has 1 aliphatic heterocycles. The van der Waals surface area contributed by atoms with E-state index in [9.17, 15) is 10.2 Å². The fourth-order valence-electron chi connectivity index (χ4n) is 6.19. The van der Waals surface area contributed by atoms with Gasteiger partial charge in [0, 0.05) is 0 Å². The molecule has 2 nitrogen and oxygen atoms in total. The molecular weight excluding hydrogens is 683 g/mol. The van der Waals surface area contributed by atoms with Gasteiger partial charge in [-0.2, -0.15) is 0 Å². The second kappa shape index (κ2) is 13.7. The van der Waals surface area contributed by atoms with Gasteiger partial charge in [0.25, 0.3) is 0 Å². The second-order valence-corrected chi connectivity index (χ2v) is 34.0. The molecule has 1 saturated carbocycles. The number of fused-ring (bicyclic) bond motifs is 1. The summed E-state index contributed by atoms with van der Waals surface area (Å²) in [5.74, 6) is 5.02. The Kier molecular flexibility index (Phi) is 11.1. The molecule has 0 amide bonds.